The Hall–Kier alpha value is -1.39. The van der Waals surface area contributed by atoms with Crippen molar-refractivity contribution >= 4 is 16.2 Å². The van der Waals surface area contributed by atoms with Crippen LogP contribution in [-0.4, -0.2) is 13.0 Å². The van der Waals surface area contributed by atoms with Crippen LogP contribution in [0.5, 0.6) is 0 Å². The zero-order valence-corrected chi connectivity index (χ0v) is 20.5. The minimum Gasteiger partial charge on any atom is -0.744 e. The molecular weight excluding hydrogens is 456 g/mol. The summed E-state index contributed by atoms with van der Waals surface area (Å²) in [5, 5.41) is 0. The first kappa shape index (κ1) is 29.6. The molecule has 2 rings (SSSR count). The number of aryl methyl sites for hydroxylation is 1. The van der Waals surface area contributed by atoms with Gasteiger partial charge in [-0.1, -0.05) is 126 Å². The number of hydrogen-bond acceptors (Lipinski definition) is 3. The summed E-state index contributed by atoms with van der Waals surface area (Å²) >= 11 is 0. The fourth-order valence-electron chi connectivity index (χ4n) is 3.35. The molecule has 0 spiro atoms. The molecule has 0 aromatic heterocycles. The summed E-state index contributed by atoms with van der Waals surface area (Å²) < 4.78 is 33.5. The molecule has 5 heteroatoms. The summed E-state index contributed by atoms with van der Waals surface area (Å²) in [6, 6.07) is 16.6. The van der Waals surface area contributed by atoms with Gasteiger partial charge >= 0.3 is 17.1 Å². The third-order valence-electron chi connectivity index (χ3n) is 5.08. The number of hydrogen-bond donors (Lipinski definition) is 0. The second kappa shape index (κ2) is 18.2. The van der Waals surface area contributed by atoms with E-state index in [0.717, 1.165) is 12.8 Å². The first-order chi connectivity index (χ1) is 14.5. The maximum absolute atomic E-state index is 11.2. The Labute approximate surface area is 200 Å². The molecular formula is C26H37CuO3S. The van der Waals surface area contributed by atoms with Crippen molar-refractivity contribution in [2.45, 2.75) is 82.4 Å². The van der Waals surface area contributed by atoms with E-state index in [4.69, 9.17) is 0 Å². The molecule has 0 atom stereocenters. The normalized spacial score (nSPS) is 10.5. The molecule has 0 radical (unpaired) electrons. The predicted molar refractivity (Wildman–Crippen MR) is 126 cm³/mol. The molecule has 0 aliphatic carbocycles. The molecule has 0 saturated carbocycles. The number of rotatable bonds is 13. The zero-order valence-electron chi connectivity index (χ0n) is 18.7. The van der Waals surface area contributed by atoms with E-state index in [9.17, 15) is 13.0 Å². The Morgan fingerprint density at radius 3 is 1.74 bits per heavy atom. The Morgan fingerprint density at radius 1 is 0.774 bits per heavy atom. The first-order valence-electron chi connectivity index (χ1n) is 11.2. The summed E-state index contributed by atoms with van der Waals surface area (Å²) in [4.78, 5) is -0.0501. The summed E-state index contributed by atoms with van der Waals surface area (Å²) in [5.74, 6) is 0. The van der Waals surface area contributed by atoms with Gasteiger partial charge in [-0.3, -0.25) is 0 Å². The van der Waals surface area contributed by atoms with Crippen molar-refractivity contribution in [2.75, 3.05) is 0 Å². The van der Waals surface area contributed by atoms with Crippen LogP contribution in [0.4, 0.5) is 0 Å². The van der Waals surface area contributed by atoms with Crippen LogP contribution >= 0.6 is 0 Å². The van der Waals surface area contributed by atoms with E-state index in [-0.39, 0.29) is 22.0 Å². The molecule has 0 aliphatic rings. The molecule has 2 aromatic rings. The molecule has 2 aromatic carbocycles. The van der Waals surface area contributed by atoms with Gasteiger partial charge in [0.25, 0.3) is 0 Å². The van der Waals surface area contributed by atoms with E-state index in [1.54, 1.807) is 18.2 Å². The standard InChI is InChI=1S/C18H30O3S.C8H8.Cu/c1-2-3-4-5-6-7-8-9-10-11-14-17-15-12-13-16-18(17)22(19,20)21;1-2-8-6-4-3-5-7-8;/h12-13,15-16H,2-11,14H2,1H3,(H,19,20,21);2-7H,1H2;/q;;+1/p-1. The fraction of sp³-hybridized carbons (Fsp3) is 0.462. The molecule has 0 amide bonds. The topological polar surface area (TPSA) is 57.2 Å². The van der Waals surface area contributed by atoms with E-state index in [0.29, 0.717) is 12.0 Å². The summed E-state index contributed by atoms with van der Waals surface area (Å²) in [6.07, 6.45) is 15.0. The van der Waals surface area contributed by atoms with E-state index < -0.39 is 10.1 Å². The zero-order chi connectivity index (χ0) is 22.1. The quantitative estimate of drug-likeness (QED) is 0.166. The van der Waals surface area contributed by atoms with Gasteiger partial charge in [0.2, 0.25) is 0 Å². The number of unbranched alkanes of at least 4 members (excludes halogenated alkanes) is 9. The molecule has 0 N–H and O–H groups in total. The molecule has 3 nitrogen and oxygen atoms in total. The van der Waals surface area contributed by atoms with Gasteiger partial charge in [-0.05, 0) is 30.0 Å². The van der Waals surface area contributed by atoms with Gasteiger partial charge < -0.3 is 4.55 Å². The van der Waals surface area contributed by atoms with Crippen molar-refractivity contribution in [3.8, 4) is 0 Å². The van der Waals surface area contributed by atoms with Gasteiger partial charge in [0.1, 0.15) is 10.1 Å². The van der Waals surface area contributed by atoms with E-state index in [1.165, 1.54) is 63.0 Å². The average Bonchev–Trinajstić information content (AvgIpc) is 2.75. The van der Waals surface area contributed by atoms with Crippen LogP contribution in [0, 0.1) is 0 Å². The summed E-state index contributed by atoms with van der Waals surface area (Å²) in [5.41, 5.74) is 1.84. The van der Waals surface area contributed by atoms with Crippen molar-refractivity contribution in [1.82, 2.24) is 0 Å². The largest absolute Gasteiger partial charge is 1.00 e. The molecule has 0 unspecified atom stereocenters. The molecule has 0 fully saturated rings. The van der Waals surface area contributed by atoms with Gasteiger partial charge in [-0.2, -0.15) is 0 Å². The van der Waals surface area contributed by atoms with Crippen molar-refractivity contribution in [3.05, 3.63) is 72.3 Å². The first-order valence-corrected chi connectivity index (χ1v) is 12.6. The maximum atomic E-state index is 11.2. The van der Waals surface area contributed by atoms with Gasteiger partial charge in [-0.25, -0.2) is 8.42 Å². The van der Waals surface area contributed by atoms with Gasteiger partial charge in [0, 0.05) is 0 Å². The summed E-state index contributed by atoms with van der Waals surface area (Å²) in [7, 11) is -4.35. The SMILES string of the molecule is C=Cc1ccccc1.CCCCCCCCCCCCc1ccccc1S(=O)(=O)[O-].[Cu+]. The van der Waals surface area contributed by atoms with E-state index in [2.05, 4.69) is 13.5 Å². The smallest absolute Gasteiger partial charge is 0.744 e. The average molecular weight is 493 g/mol. The van der Waals surface area contributed by atoms with Crippen LogP contribution in [0.2, 0.25) is 0 Å². The van der Waals surface area contributed by atoms with Crippen LogP contribution in [0.3, 0.4) is 0 Å². The van der Waals surface area contributed by atoms with E-state index >= 15 is 0 Å². The van der Waals surface area contributed by atoms with Crippen molar-refractivity contribution in [1.29, 1.82) is 0 Å². The van der Waals surface area contributed by atoms with Crippen LogP contribution in [-0.2, 0) is 33.6 Å². The van der Waals surface area contributed by atoms with Crippen molar-refractivity contribution in [2.24, 2.45) is 0 Å². The third kappa shape index (κ3) is 14.3. The minimum absolute atomic E-state index is 0. The van der Waals surface area contributed by atoms with Crippen molar-refractivity contribution < 1.29 is 30.0 Å². The molecule has 176 valence electrons. The second-order valence-electron chi connectivity index (χ2n) is 7.61. The molecule has 31 heavy (non-hydrogen) atoms. The Balaban J connectivity index is 0.000000838. The molecule has 0 heterocycles. The molecule has 0 saturated heterocycles. The molecule has 0 bridgehead atoms. The maximum Gasteiger partial charge on any atom is 1.00 e. The number of benzene rings is 2. The van der Waals surface area contributed by atoms with Gasteiger partial charge in [0.05, 0.1) is 4.90 Å². The van der Waals surface area contributed by atoms with Crippen LogP contribution in [0.15, 0.2) is 66.1 Å². The monoisotopic (exact) mass is 492 g/mol. The third-order valence-corrected chi connectivity index (χ3v) is 6.01. The second-order valence-corrected chi connectivity index (χ2v) is 8.96. The Kier molecular flexibility index (Phi) is 17.4. The minimum atomic E-state index is -4.35. The van der Waals surface area contributed by atoms with Crippen LogP contribution in [0.1, 0.15) is 82.3 Å². The Morgan fingerprint density at radius 2 is 1.26 bits per heavy atom. The van der Waals surface area contributed by atoms with Crippen LogP contribution in [0.25, 0.3) is 6.08 Å². The van der Waals surface area contributed by atoms with Crippen LogP contribution < -0.4 is 0 Å². The van der Waals surface area contributed by atoms with Crippen molar-refractivity contribution in [3.63, 3.8) is 0 Å². The van der Waals surface area contributed by atoms with E-state index in [1.807, 2.05) is 36.4 Å². The molecule has 0 aliphatic heterocycles. The predicted octanol–water partition coefficient (Wildman–Crippen LogP) is 7.38. The Bertz CT molecular complexity index is 804. The summed E-state index contributed by atoms with van der Waals surface area (Å²) in [6.45, 7) is 5.86. The van der Waals surface area contributed by atoms with Gasteiger partial charge in [-0.15, -0.1) is 0 Å². The fourth-order valence-corrected chi connectivity index (χ4v) is 4.08. The van der Waals surface area contributed by atoms with Gasteiger partial charge in [0.15, 0.2) is 0 Å².